The maximum atomic E-state index is 4.16. The zero-order chi connectivity index (χ0) is 10.1. The highest BCUT2D eigenvalue weighted by Crippen LogP contribution is 2.25. The summed E-state index contributed by atoms with van der Waals surface area (Å²) in [4.78, 5) is 0. The monoisotopic (exact) mass is 250 g/mol. The van der Waals surface area contributed by atoms with Crippen LogP contribution in [0.4, 0.5) is 0 Å². The molecule has 0 bridgehead atoms. The summed E-state index contributed by atoms with van der Waals surface area (Å²) < 4.78 is 3.00. The molecular formula is C11H11BrN2. The Kier molecular flexibility index (Phi) is 2.42. The lowest BCUT2D eigenvalue weighted by atomic mass is 10.1. The van der Waals surface area contributed by atoms with E-state index in [-0.39, 0.29) is 0 Å². The summed E-state index contributed by atoms with van der Waals surface area (Å²) in [5.41, 5.74) is 3.63. The van der Waals surface area contributed by atoms with Crippen molar-refractivity contribution in [2.45, 2.75) is 6.92 Å². The Labute approximate surface area is 91.7 Å². The molecule has 0 amide bonds. The molecule has 0 aliphatic heterocycles. The first-order valence-electron chi connectivity index (χ1n) is 4.43. The summed E-state index contributed by atoms with van der Waals surface area (Å²) in [6, 6.07) is 8.30. The Balaban J connectivity index is 2.58. The van der Waals surface area contributed by atoms with Crippen LogP contribution in [-0.4, -0.2) is 9.78 Å². The lowest BCUT2D eigenvalue weighted by Gasteiger charge is -2.06. The largest absolute Gasteiger partial charge is 0.268 e. The van der Waals surface area contributed by atoms with Crippen LogP contribution in [0.1, 0.15) is 5.56 Å². The fourth-order valence-corrected chi connectivity index (χ4v) is 2.03. The number of aromatic nitrogens is 2. The summed E-state index contributed by atoms with van der Waals surface area (Å²) in [6.45, 7) is 2.10. The van der Waals surface area contributed by atoms with Crippen molar-refractivity contribution in [3.63, 3.8) is 0 Å². The molecule has 0 saturated carbocycles. The summed E-state index contributed by atoms with van der Waals surface area (Å²) in [5.74, 6) is 0. The Morgan fingerprint density at radius 1 is 1.29 bits per heavy atom. The van der Waals surface area contributed by atoms with Crippen LogP contribution in [-0.2, 0) is 7.05 Å². The molecule has 2 rings (SSSR count). The number of rotatable bonds is 1. The number of benzene rings is 1. The van der Waals surface area contributed by atoms with Gasteiger partial charge in [-0.05, 0) is 30.7 Å². The smallest absolute Gasteiger partial charge is 0.0681 e. The summed E-state index contributed by atoms with van der Waals surface area (Å²) >= 11 is 3.46. The van der Waals surface area contributed by atoms with E-state index in [1.807, 2.05) is 24.0 Å². The van der Waals surface area contributed by atoms with Crippen LogP contribution in [0.3, 0.4) is 0 Å². The minimum absolute atomic E-state index is 1.11. The lowest BCUT2D eigenvalue weighted by Crippen LogP contribution is -1.94. The minimum Gasteiger partial charge on any atom is -0.268 e. The topological polar surface area (TPSA) is 17.8 Å². The molecule has 72 valence electrons. The molecule has 1 aromatic heterocycles. The molecule has 3 heteroatoms. The first kappa shape index (κ1) is 9.46. The summed E-state index contributed by atoms with van der Waals surface area (Å²) in [6.07, 6.45) is 1.82. The fraction of sp³-hybridized carbons (Fsp3) is 0.182. The molecule has 0 atom stereocenters. The van der Waals surface area contributed by atoms with Gasteiger partial charge in [0.15, 0.2) is 0 Å². The van der Waals surface area contributed by atoms with Crippen LogP contribution in [0.25, 0.3) is 11.3 Å². The minimum atomic E-state index is 1.11. The van der Waals surface area contributed by atoms with Crippen molar-refractivity contribution >= 4 is 15.9 Å². The highest BCUT2D eigenvalue weighted by atomic mass is 79.9. The molecule has 2 aromatic rings. The molecule has 14 heavy (non-hydrogen) atoms. The van der Waals surface area contributed by atoms with Crippen molar-refractivity contribution in [2.24, 2.45) is 7.05 Å². The Hall–Kier alpha value is -1.09. The third-order valence-corrected chi connectivity index (χ3v) is 2.78. The molecule has 0 radical (unpaired) electrons. The molecular weight excluding hydrogens is 240 g/mol. The van der Waals surface area contributed by atoms with Gasteiger partial charge in [-0.2, -0.15) is 5.10 Å². The van der Waals surface area contributed by atoms with E-state index in [0.29, 0.717) is 0 Å². The van der Waals surface area contributed by atoms with Crippen molar-refractivity contribution < 1.29 is 0 Å². The zero-order valence-corrected chi connectivity index (χ0v) is 9.75. The molecule has 0 fully saturated rings. The van der Waals surface area contributed by atoms with Crippen LogP contribution in [0.2, 0.25) is 0 Å². The number of nitrogens with zero attached hydrogens (tertiary/aromatic N) is 2. The summed E-state index contributed by atoms with van der Waals surface area (Å²) in [7, 11) is 1.96. The van der Waals surface area contributed by atoms with Gasteiger partial charge in [-0.25, -0.2) is 0 Å². The van der Waals surface area contributed by atoms with E-state index < -0.39 is 0 Å². The van der Waals surface area contributed by atoms with Crippen molar-refractivity contribution in [3.8, 4) is 11.3 Å². The molecule has 1 heterocycles. The Bertz CT molecular complexity index is 460. The molecule has 2 nitrogen and oxygen atoms in total. The van der Waals surface area contributed by atoms with Crippen LogP contribution < -0.4 is 0 Å². The van der Waals surface area contributed by atoms with E-state index >= 15 is 0 Å². The van der Waals surface area contributed by atoms with Crippen LogP contribution in [0.5, 0.6) is 0 Å². The number of aryl methyl sites for hydroxylation is 2. The third-order valence-electron chi connectivity index (χ3n) is 2.29. The average molecular weight is 251 g/mol. The average Bonchev–Trinajstić information content (AvgIpc) is 2.52. The van der Waals surface area contributed by atoms with E-state index in [1.165, 1.54) is 11.1 Å². The van der Waals surface area contributed by atoms with E-state index in [4.69, 9.17) is 0 Å². The van der Waals surface area contributed by atoms with E-state index in [0.717, 1.165) is 10.2 Å². The number of hydrogen-bond acceptors (Lipinski definition) is 1. The van der Waals surface area contributed by atoms with Gasteiger partial charge in [0.05, 0.1) is 5.69 Å². The molecule has 0 N–H and O–H groups in total. The lowest BCUT2D eigenvalue weighted by molar-refractivity contribution is 0.775. The van der Waals surface area contributed by atoms with E-state index in [9.17, 15) is 0 Å². The normalized spacial score (nSPS) is 10.5. The van der Waals surface area contributed by atoms with E-state index in [2.05, 4.69) is 46.2 Å². The molecule has 0 aliphatic carbocycles. The second-order valence-electron chi connectivity index (χ2n) is 3.30. The number of hydrogen-bond donors (Lipinski definition) is 0. The van der Waals surface area contributed by atoms with Crippen molar-refractivity contribution in [2.75, 3.05) is 0 Å². The fourth-order valence-electron chi connectivity index (χ4n) is 1.55. The van der Waals surface area contributed by atoms with Crippen molar-refractivity contribution in [3.05, 3.63) is 40.5 Å². The van der Waals surface area contributed by atoms with E-state index in [1.54, 1.807) is 0 Å². The molecule has 0 spiro atoms. The van der Waals surface area contributed by atoms with Gasteiger partial charge in [0.25, 0.3) is 0 Å². The first-order valence-corrected chi connectivity index (χ1v) is 5.22. The molecule has 0 saturated heterocycles. The predicted octanol–water partition coefficient (Wildman–Crippen LogP) is 3.16. The summed E-state index contributed by atoms with van der Waals surface area (Å²) in [5, 5.41) is 4.16. The van der Waals surface area contributed by atoms with Gasteiger partial charge in [0.1, 0.15) is 0 Å². The highest BCUT2D eigenvalue weighted by molar-refractivity contribution is 9.10. The van der Waals surface area contributed by atoms with Crippen molar-refractivity contribution in [1.82, 2.24) is 9.78 Å². The van der Waals surface area contributed by atoms with Gasteiger partial charge in [0.2, 0.25) is 0 Å². The predicted molar refractivity (Wildman–Crippen MR) is 61.1 cm³/mol. The highest BCUT2D eigenvalue weighted by Gasteiger charge is 2.05. The van der Waals surface area contributed by atoms with Gasteiger partial charge in [-0.15, -0.1) is 0 Å². The second kappa shape index (κ2) is 3.58. The van der Waals surface area contributed by atoms with Gasteiger partial charge < -0.3 is 0 Å². The van der Waals surface area contributed by atoms with Crippen LogP contribution >= 0.6 is 15.9 Å². The maximum Gasteiger partial charge on any atom is 0.0681 e. The Morgan fingerprint density at radius 2 is 2.07 bits per heavy atom. The molecule has 1 aromatic carbocycles. The SMILES string of the molecule is Cc1cc(Br)ccc1-c1ccnn1C. The molecule has 0 aliphatic rings. The first-order chi connectivity index (χ1) is 6.68. The third kappa shape index (κ3) is 1.60. The van der Waals surface area contributed by atoms with Crippen LogP contribution in [0, 0.1) is 6.92 Å². The van der Waals surface area contributed by atoms with Gasteiger partial charge in [-0.1, -0.05) is 22.0 Å². The van der Waals surface area contributed by atoms with Crippen molar-refractivity contribution in [1.29, 1.82) is 0 Å². The quantitative estimate of drug-likeness (QED) is 0.761. The second-order valence-corrected chi connectivity index (χ2v) is 4.21. The molecule has 0 unspecified atom stereocenters. The Morgan fingerprint density at radius 3 is 2.64 bits per heavy atom. The maximum absolute atomic E-state index is 4.16. The van der Waals surface area contributed by atoms with Crippen LogP contribution in [0.15, 0.2) is 34.9 Å². The van der Waals surface area contributed by atoms with Gasteiger partial charge in [0, 0.05) is 23.3 Å². The standard InChI is InChI=1S/C11H11BrN2/c1-8-7-9(12)3-4-10(8)11-5-6-13-14(11)2/h3-7H,1-2H3. The van der Waals surface area contributed by atoms with Gasteiger partial charge >= 0.3 is 0 Å². The zero-order valence-electron chi connectivity index (χ0n) is 8.16. The van der Waals surface area contributed by atoms with Gasteiger partial charge in [-0.3, -0.25) is 4.68 Å². The number of halogens is 1.